The van der Waals surface area contributed by atoms with E-state index in [4.69, 9.17) is 0 Å². The van der Waals surface area contributed by atoms with Gasteiger partial charge in [-0.1, -0.05) is 11.3 Å². The van der Waals surface area contributed by atoms with Gasteiger partial charge < -0.3 is 5.32 Å². The second-order valence-corrected chi connectivity index (χ2v) is 4.45. The summed E-state index contributed by atoms with van der Waals surface area (Å²) in [4.78, 5) is 24.2. The van der Waals surface area contributed by atoms with Crippen LogP contribution >= 0.6 is 0 Å². The van der Waals surface area contributed by atoms with Crippen molar-refractivity contribution in [3.8, 4) is 0 Å². The summed E-state index contributed by atoms with van der Waals surface area (Å²) in [6.07, 6.45) is 3.21. The lowest BCUT2D eigenvalue weighted by Gasteiger charge is -1.97. The lowest BCUT2D eigenvalue weighted by atomic mass is 10.5. The quantitative estimate of drug-likeness (QED) is 0.671. The molecule has 0 amide bonds. The average Bonchev–Trinajstić information content (AvgIpc) is 3.05. The van der Waals surface area contributed by atoms with Crippen molar-refractivity contribution in [2.45, 2.75) is 13.1 Å². The smallest absolute Gasteiger partial charge is 0.314 e. The summed E-state index contributed by atoms with van der Waals surface area (Å²) in [7, 11) is 1.79. The van der Waals surface area contributed by atoms with Gasteiger partial charge in [0.2, 0.25) is 0 Å². The Balaban J connectivity index is 1.86. The molecule has 0 aromatic carbocycles. The third kappa shape index (κ3) is 2.46. The minimum Gasteiger partial charge on any atom is -0.314 e. The largest absolute Gasteiger partial charge is 0.357 e. The summed E-state index contributed by atoms with van der Waals surface area (Å²) in [5.41, 5.74) is 0.643. The van der Waals surface area contributed by atoms with E-state index in [1.54, 1.807) is 37.6 Å². The summed E-state index contributed by atoms with van der Waals surface area (Å²) >= 11 is 0. The third-order valence-corrected chi connectivity index (χ3v) is 2.91. The van der Waals surface area contributed by atoms with Gasteiger partial charge in [0.05, 0.1) is 11.9 Å². The molecule has 9 nitrogen and oxygen atoms in total. The van der Waals surface area contributed by atoms with Gasteiger partial charge in [-0.05, 0) is 19.2 Å². The minimum absolute atomic E-state index is 0.0967. The van der Waals surface area contributed by atoms with Gasteiger partial charge in [-0.2, -0.15) is 0 Å². The highest BCUT2D eigenvalue weighted by atomic mass is 16.2. The van der Waals surface area contributed by atoms with Crippen LogP contribution in [0.5, 0.6) is 0 Å². The van der Waals surface area contributed by atoms with Crippen molar-refractivity contribution < 1.29 is 4.79 Å². The molecule has 0 saturated heterocycles. The zero-order valence-corrected chi connectivity index (χ0v) is 11.3. The molecule has 0 spiro atoms. The van der Waals surface area contributed by atoms with Crippen molar-refractivity contribution >= 4 is 11.6 Å². The molecule has 3 aromatic heterocycles. The molecule has 0 fully saturated rings. The molecule has 3 aromatic rings. The molecule has 1 N–H and O–H groups in total. The number of carbonyl (C=O) groups is 1. The normalized spacial score (nSPS) is 11.1. The number of carbonyl (C=O) groups excluding carboxylic acids is 1. The van der Waals surface area contributed by atoms with Crippen LogP contribution in [0.25, 0.3) is 5.65 Å². The Kier molecular flexibility index (Phi) is 3.32. The fourth-order valence-electron chi connectivity index (χ4n) is 1.97. The average molecular weight is 287 g/mol. The van der Waals surface area contributed by atoms with E-state index in [-0.39, 0.29) is 6.54 Å². The molecule has 0 unspecified atom stereocenters. The predicted octanol–water partition coefficient (Wildman–Crippen LogP) is -0.853. The summed E-state index contributed by atoms with van der Waals surface area (Å²) in [5, 5.41) is 14.7. The topological polar surface area (TPSA) is 99.1 Å². The van der Waals surface area contributed by atoms with Gasteiger partial charge in [-0.15, -0.1) is 14.9 Å². The molecule has 0 aliphatic heterocycles. The van der Waals surface area contributed by atoms with Gasteiger partial charge in [-0.3, -0.25) is 4.79 Å². The van der Waals surface area contributed by atoms with Crippen LogP contribution in [0.1, 0.15) is 10.5 Å². The maximum Gasteiger partial charge on any atom is 0.357 e. The van der Waals surface area contributed by atoms with E-state index in [2.05, 4.69) is 20.7 Å². The molecule has 0 bridgehead atoms. The Hall–Kier alpha value is -2.81. The second-order valence-electron chi connectivity index (χ2n) is 4.45. The standard InChI is InChI=1S/C12H13N7O2/c1-13-6-9-7-17(16-14-9)8-11(20)19-12(21)18-5-3-2-4-10(18)15-19/h2-5,7,13H,6,8H2,1H3. The van der Waals surface area contributed by atoms with Crippen molar-refractivity contribution in [3.05, 3.63) is 46.8 Å². The minimum atomic E-state index is -0.494. The highest BCUT2D eigenvalue weighted by molar-refractivity contribution is 5.77. The van der Waals surface area contributed by atoms with Gasteiger partial charge in [-0.25, -0.2) is 13.9 Å². The molecule has 9 heteroatoms. The zero-order chi connectivity index (χ0) is 14.8. The monoisotopic (exact) mass is 287 g/mol. The Labute approximate surface area is 118 Å². The zero-order valence-electron chi connectivity index (χ0n) is 11.3. The van der Waals surface area contributed by atoms with Crippen LogP contribution in [0.2, 0.25) is 0 Å². The van der Waals surface area contributed by atoms with Crippen molar-refractivity contribution in [2.75, 3.05) is 7.05 Å². The fraction of sp³-hybridized carbons (Fsp3) is 0.250. The van der Waals surface area contributed by atoms with Crippen molar-refractivity contribution in [2.24, 2.45) is 0 Å². The van der Waals surface area contributed by atoms with E-state index in [0.29, 0.717) is 17.9 Å². The molecule has 3 heterocycles. The second kappa shape index (κ2) is 5.29. The van der Waals surface area contributed by atoms with Crippen LogP contribution in [0, 0.1) is 0 Å². The van der Waals surface area contributed by atoms with E-state index >= 15 is 0 Å². The number of rotatable bonds is 4. The Bertz CT molecular complexity index is 845. The van der Waals surface area contributed by atoms with Crippen molar-refractivity contribution in [1.29, 1.82) is 0 Å². The van der Waals surface area contributed by atoms with Crippen molar-refractivity contribution in [1.82, 2.24) is 34.5 Å². The van der Waals surface area contributed by atoms with E-state index < -0.39 is 11.6 Å². The van der Waals surface area contributed by atoms with E-state index in [0.717, 1.165) is 4.68 Å². The third-order valence-electron chi connectivity index (χ3n) is 2.91. The van der Waals surface area contributed by atoms with Gasteiger partial charge >= 0.3 is 5.69 Å². The number of hydrogen-bond acceptors (Lipinski definition) is 6. The van der Waals surface area contributed by atoms with E-state index in [9.17, 15) is 9.59 Å². The fourth-order valence-corrected chi connectivity index (χ4v) is 1.97. The first-order chi connectivity index (χ1) is 10.2. The molecule has 0 aliphatic carbocycles. The molecular formula is C12H13N7O2. The first kappa shape index (κ1) is 13.2. The SMILES string of the molecule is CNCc1cn(CC(=O)n2nc3ccccn3c2=O)nn1. The summed E-state index contributed by atoms with van der Waals surface area (Å²) < 4.78 is 3.53. The van der Waals surface area contributed by atoms with E-state index in [1.807, 2.05) is 0 Å². The van der Waals surface area contributed by atoms with Crippen LogP contribution in [0.4, 0.5) is 0 Å². The van der Waals surface area contributed by atoms with Crippen LogP contribution in [0.3, 0.4) is 0 Å². The summed E-state index contributed by atoms with van der Waals surface area (Å²) in [6, 6.07) is 5.11. The Morgan fingerprint density at radius 2 is 2.24 bits per heavy atom. The van der Waals surface area contributed by atoms with Gasteiger partial charge in [0.1, 0.15) is 6.54 Å². The molecule has 0 saturated carbocycles. The first-order valence-electron chi connectivity index (χ1n) is 6.32. The Morgan fingerprint density at radius 1 is 1.38 bits per heavy atom. The van der Waals surface area contributed by atoms with Crippen LogP contribution in [-0.2, 0) is 13.1 Å². The highest BCUT2D eigenvalue weighted by Gasteiger charge is 2.14. The van der Waals surface area contributed by atoms with E-state index in [1.165, 1.54) is 9.08 Å². The molecule has 0 radical (unpaired) electrons. The maximum atomic E-state index is 12.2. The van der Waals surface area contributed by atoms with Gasteiger partial charge in [0.15, 0.2) is 5.65 Å². The first-order valence-corrected chi connectivity index (χ1v) is 6.32. The van der Waals surface area contributed by atoms with Gasteiger partial charge in [0.25, 0.3) is 5.91 Å². The Morgan fingerprint density at radius 3 is 3.00 bits per heavy atom. The van der Waals surface area contributed by atoms with Crippen LogP contribution in [-0.4, -0.2) is 42.1 Å². The molecule has 21 heavy (non-hydrogen) atoms. The molecule has 3 rings (SSSR count). The number of pyridine rings is 1. The lowest BCUT2D eigenvalue weighted by molar-refractivity contribution is 0.0865. The van der Waals surface area contributed by atoms with Crippen LogP contribution in [0.15, 0.2) is 35.4 Å². The van der Waals surface area contributed by atoms with Crippen molar-refractivity contribution in [3.63, 3.8) is 0 Å². The summed E-state index contributed by atoms with van der Waals surface area (Å²) in [6.45, 7) is 0.461. The lowest BCUT2D eigenvalue weighted by Crippen LogP contribution is -2.30. The molecular weight excluding hydrogens is 274 g/mol. The number of aromatic nitrogens is 6. The predicted molar refractivity (Wildman–Crippen MR) is 72.9 cm³/mol. The summed E-state index contributed by atoms with van der Waals surface area (Å²) in [5.74, 6) is -0.468. The molecule has 108 valence electrons. The number of nitrogens with one attached hydrogen (secondary N) is 1. The van der Waals surface area contributed by atoms with Gasteiger partial charge in [0, 0.05) is 12.7 Å². The maximum absolute atomic E-state index is 12.2. The molecule has 0 atom stereocenters. The highest BCUT2D eigenvalue weighted by Crippen LogP contribution is 1.97. The van der Waals surface area contributed by atoms with Crippen LogP contribution < -0.4 is 11.0 Å². The number of fused-ring (bicyclic) bond motifs is 1. The number of nitrogens with zero attached hydrogens (tertiary/aromatic N) is 6. The number of hydrogen-bond donors (Lipinski definition) is 1. The molecule has 0 aliphatic rings.